The highest BCUT2D eigenvalue weighted by molar-refractivity contribution is 5.38. The van der Waals surface area contributed by atoms with Crippen LogP contribution in [0.5, 0.6) is 5.75 Å². The first-order chi connectivity index (χ1) is 8.47. The first-order valence-corrected chi connectivity index (χ1v) is 5.96. The van der Waals surface area contributed by atoms with Crippen LogP contribution < -0.4 is 10.3 Å². The van der Waals surface area contributed by atoms with Gasteiger partial charge >= 0.3 is 0 Å². The molecule has 0 bridgehead atoms. The Morgan fingerprint density at radius 1 is 1.17 bits per heavy atom. The second-order valence-corrected chi connectivity index (χ2v) is 5.32. The third-order valence-corrected chi connectivity index (χ3v) is 2.73. The lowest BCUT2D eigenvalue weighted by Gasteiger charge is -2.22. The molecule has 0 saturated carbocycles. The van der Waals surface area contributed by atoms with E-state index in [0.29, 0.717) is 6.61 Å². The quantitative estimate of drug-likeness (QED) is 0.874. The topological polar surface area (TPSA) is 57.9 Å². The van der Waals surface area contributed by atoms with E-state index in [1.165, 1.54) is 6.07 Å². The molecule has 0 spiro atoms. The molecule has 0 unspecified atom stereocenters. The van der Waals surface area contributed by atoms with E-state index in [9.17, 15) is 4.79 Å². The van der Waals surface area contributed by atoms with Gasteiger partial charge in [0.2, 0.25) is 0 Å². The molecule has 1 aromatic heterocycles. The standard InChI is InChI=1S/C14H18N2O2/c1-14(2,3)11-6-4-5-7-12(11)18-9-10-8-13(17)16-15-10/h4-8H,9H2,1-3H3,(H2,15,16,17). The Morgan fingerprint density at radius 2 is 1.89 bits per heavy atom. The van der Waals surface area contributed by atoms with E-state index in [4.69, 9.17) is 4.74 Å². The molecule has 4 nitrogen and oxygen atoms in total. The monoisotopic (exact) mass is 246 g/mol. The molecule has 0 atom stereocenters. The molecule has 2 aromatic rings. The average Bonchev–Trinajstić information content (AvgIpc) is 2.72. The number of hydrogen-bond donors (Lipinski definition) is 2. The minimum atomic E-state index is -0.141. The fraction of sp³-hybridized carbons (Fsp3) is 0.357. The summed E-state index contributed by atoms with van der Waals surface area (Å²) < 4.78 is 5.77. The molecule has 0 radical (unpaired) electrons. The van der Waals surface area contributed by atoms with Gasteiger partial charge in [-0.2, -0.15) is 0 Å². The van der Waals surface area contributed by atoms with Crippen LogP contribution in [-0.4, -0.2) is 10.2 Å². The Labute approximate surface area is 106 Å². The second-order valence-electron chi connectivity index (χ2n) is 5.32. The Bertz CT molecular complexity index is 576. The van der Waals surface area contributed by atoms with Crippen molar-refractivity contribution in [1.29, 1.82) is 0 Å². The molecule has 18 heavy (non-hydrogen) atoms. The van der Waals surface area contributed by atoms with Crippen molar-refractivity contribution in [3.63, 3.8) is 0 Å². The summed E-state index contributed by atoms with van der Waals surface area (Å²) in [4.78, 5) is 11.0. The van der Waals surface area contributed by atoms with E-state index >= 15 is 0 Å². The molecule has 0 saturated heterocycles. The lowest BCUT2D eigenvalue weighted by molar-refractivity contribution is 0.293. The van der Waals surface area contributed by atoms with Crippen LogP contribution in [-0.2, 0) is 12.0 Å². The Kier molecular flexibility index (Phi) is 3.28. The van der Waals surface area contributed by atoms with Gasteiger partial charge in [-0.1, -0.05) is 39.0 Å². The summed E-state index contributed by atoms with van der Waals surface area (Å²) in [6, 6.07) is 9.47. The van der Waals surface area contributed by atoms with Crippen molar-refractivity contribution in [3.8, 4) is 5.75 Å². The van der Waals surface area contributed by atoms with Crippen LogP contribution >= 0.6 is 0 Å². The van der Waals surface area contributed by atoms with E-state index in [0.717, 1.165) is 17.0 Å². The number of benzene rings is 1. The molecular weight excluding hydrogens is 228 g/mol. The van der Waals surface area contributed by atoms with E-state index in [2.05, 4.69) is 37.0 Å². The third-order valence-electron chi connectivity index (χ3n) is 2.73. The van der Waals surface area contributed by atoms with Gasteiger partial charge in [-0.05, 0) is 17.0 Å². The van der Waals surface area contributed by atoms with Gasteiger partial charge in [0, 0.05) is 6.07 Å². The first kappa shape index (κ1) is 12.5. The van der Waals surface area contributed by atoms with Crippen LogP contribution in [0.3, 0.4) is 0 Å². The summed E-state index contributed by atoms with van der Waals surface area (Å²) in [5, 5.41) is 5.26. The van der Waals surface area contributed by atoms with Gasteiger partial charge < -0.3 is 4.74 Å². The molecule has 0 amide bonds. The van der Waals surface area contributed by atoms with Crippen LogP contribution in [0.25, 0.3) is 0 Å². The fourth-order valence-corrected chi connectivity index (χ4v) is 1.82. The summed E-state index contributed by atoms with van der Waals surface area (Å²) in [6.07, 6.45) is 0. The van der Waals surface area contributed by atoms with Crippen LogP contribution in [0.4, 0.5) is 0 Å². The number of aromatic nitrogens is 2. The molecule has 1 aromatic carbocycles. The predicted octanol–water partition coefficient (Wildman–Crippen LogP) is 2.58. The highest BCUT2D eigenvalue weighted by Crippen LogP contribution is 2.31. The van der Waals surface area contributed by atoms with Gasteiger partial charge in [-0.25, -0.2) is 0 Å². The number of H-pyrrole nitrogens is 2. The van der Waals surface area contributed by atoms with E-state index in [1.54, 1.807) is 0 Å². The van der Waals surface area contributed by atoms with Crippen LogP contribution in [0.1, 0.15) is 32.0 Å². The second kappa shape index (κ2) is 4.72. The van der Waals surface area contributed by atoms with Crippen molar-refractivity contribution >= 4 is 0 Å². The van der Waals surface area contributed by atoms with Crippen molar-refractivity contribution in [3.05, 3.63) is 51.9 Å². The number of para-hydroxylation sites is 1. The van der Waals surface area contributed by atoms with Crippen molar-refractivity contribution < 1.29 is 4.74 Å². The minimum absolute atomic E-state index is 0.0299. The van der Waals surface area contributed by atoms with Crippen molar-refractivity contribution in [2.45, 2.75) is 32.8 Å². The number of nitrogens with one attached hydrogen (secondary N) is 2. The van der Waals surface area contributed by atoms with E-state index in [-0.39, 0.29) is 11.0 Å². The van der Waals surface area contributed by atoms with Gasteiger partial charge in [-0.15, -0.1) is 0 Å². The molecule has 1 heterocycles. The highest BCUT2D eigenvalue weighted by Gasteiger charge is 2.18. The molecule has 0 aliphatic heterocycles. The molecule has 0 fully saturated rings. The molecule has 96 valence electrons. The Hall–Kier alpha value is -1.97. The average molecular weight is 246 g/mol. The van der Waals surface area contributed by atoms with Crippen molar-refractivity contribution in [1.82, 2.24) is 10.2 Å². The lowest BCUT2D eigenvalue weighted by Crippen LogP contribution is -2.13. The first-order valence-electron chi connectivity index (χ1n) is 5.96. The number of aromatic amines is 2. The van der Waals surface area contributed by atoms with Crippen molar-refractivity contribution in [2.24, 2.45) is 0 Å². The molecular formula is C14H18N2O2. The molecule has 2 N–H and O–H groups in total. The summed E-state index contributed by atoms with van der Waals surface area (Å²) >= 11 is 0. The minimum Gasteiger partial charge on any atom is -0.487 e. The van der Waals surface area contributed by atoms with Crippen LogP contribution in [0, 0.1) is 0 Å². The zero-order valence-electron chi connectivity index (χ0n) is 10.9. The van der Waals surface area contributed by atoms with Gasteiger partial charge in [0.15, 0.2) is 0 Å². The SMILES string of the molecule is CC(C)(C)c1ccccc1OCc1cc(=O)[nH][nH]1. The maximum atomic E-state index is 11.0. The van der Waals surface area contributed by atoms with Gasteiger partial charge in [0.25, 0.3) is 5.56 Å². The smallest absolute Gasteiger partial charge is 0.264 e. The summed E-state index contributed by atoms with van der Waals surface area (Å²) in [5.74, 6) is 0.854. The molecule has 2 rings (SSSR count). The normalized spacial score (nSPS) is 11.5. The largest absolute Gasteiger partial charge is 0.487 e. The van der Waals surface area contributed by atoms with Crippen LogP contribution in [0.2, 0.25) is 0 Å². The lowest BCUT2D eigenvalue weighted by atomic mass is 9.86. The van der Waals surface area contributed by atoms with Crippen molar-refractivity contribution in [2.75, 3.05) is 0 Å². The summed E-state index contributed by atoms with van der Waals surface area (Å²) in [6.45, 7) is 6.79. The molecule has 4 heteroatoms. The maximum Gasteiger partial charge on any atom is 0.264 e. The number of rotatable bonds is 3. The summed E-state index contributed by atoms with van der Waals surface area (Å²) in [5.41, 5.74) is 1.78. The molecule has 0 aliphatic rings. The number of ether oxygens (including phenoxy) is 1. The van der Waals surface area contributed by atoms with E-state index < -0.39 is 0 Å². The predicted molar refractivity (Wildman–Crippen MR) is 70.9 cm³/mol. The summed E-state index contributed by atoms with van der Waals surface area (Å²) in [7, 11) is 0. The maximum absolute atomic E-state index is 11.0. The zero-order chi connectivity index (χ0) is 13.2. The fourth-order valence-electron chi connectivity index (χ4n) is 1.82. The third kappa shape index (κ3) is 2.83. The highest BCUT2D eigenvalue weighted by atomic mass is 16.5. The zero-order valence-corrected chi connectivity index (χ0v) is 10.9. The Balaban J connectivity index is 2.17. The van der Waals surface area contributed by atoms with Gasteiger partial charge in [0.1, 0.15) is 12.4 Å². The van der Waals surface area contributed by atoms with Crippen LogP contribution in [0.15, 0.2) is 35.1 Å². The molecule has 0 aliphatic carbocycles. The van der Waals surface area contributed by atoms with Gasteiger partial charge in [-0.3, -0.25) is 15.0 Å². The Morgan fingerprint density at radius 3 is 2.50 bits per heavy atom. The van der Waals surface area contributed by atoms with Gasteiger partial charge in [0.05, 0.1) is 5.69 Å². The van der Waals surface area contributed by atoms with E-state index in [1.807, 2.05) is 18.2 Å². The number of hydrogen-bond acceptors (Lipinski definition) is 2.